The van der Waals surface area contributed by atoms with Crippen LogP contribution in [0.2, 0.25) is 0 Å². The number of hydrogen-bond acceptors (Lipinski definition) is 2. The van der Waals surface area contributed by atoms with E-state index < -0.39 is 11.9 Å². The number of halogens is 1. The molecule has 0 fully saturated rings. The zero-order valence-corrected chi connectivity index (χ0v) is 9.66. The molecule has 1 rings (SSSR count). The molecule has 0 saturated heterocycles. The molecule has 0 bridgehead atoms. The summed E-state index contributed by atoms with van der Waals surface area (Å²) in [4.78, 5) is 0. The van der Waals surface area contributed by atoms with Crippen LogP contribution in [0, 0.1) is 5.82 Å². The van der Waals surface area contributed by atoms with Crippen LogP contribution >= 0.6 is 0 Å². The van der Waals surface area contributed by atoms with Crippen LogP contribution in [-0.2, 0) is 0 Å². The minimum atomic E-state index is -0.672. The van der Waals surface area contributed by atoms with Crippen LogP contribution in [0.3, 0.4) is 0 Å². The normalized spacial score (nSPS) is 12.2. The second kappa shape index (κ2) is 5.66. The Morgan fingerprint density at radius 1 is 1.56 bits per heavy atom. The fourth-order valence-electron chi connectivity index (χ4n) is 1.18. The minimum absolute atomic E-state index is 0.194. The van der Waals surface area contributed by atoms with Gasteiger partial charge >= 0.3 is 0 Å². The highest BCUT2D eigenvalue weighted by molar-refractivity contribution is 5.30. The van der Waals surface area contributed by atoms with Crippen LogP contribution < -0.4 is 4.74 Å². The first-order chi connectivity index (χ1) is 7.54. The molecule has 16 heavy (non-hydrogen) atoms. The second-order valence-corrected chi connectivity index (χ2v) is 3.76. The number of aliphatic hydroxyl groups excluding tert-OH is 1. The topological polar surface area (TPSA) is 29.5 Å². The summed E-state index contributed by atoms with van der Waals surface area (Å²) in [6.45, 7) is 7.66. The van der Waals surface area contributed by atoms with E-state index in [2.05, 4.69) is 6.58 Å². The van der Waals surface area contributed by atoms with Gasteiger partial charge in [-0.15, -0.1) is 0 Å². The van der Waals surface area contributed by atoms with Gasteiger partial charge in [-0.2, -0.15) is 0 Å². The van der Waals surface area contributed by atoms with E-state index in [1.807, 2.05) is 6.92 Å². The van der Waals surface area contributed by atoms with Crippen molar-refractivity contribution in [3.8, 4) is 5.75 Å². The molecule has 0 heterocycles. The number of hydrogen-bond donors (Lipinski definition) is 1. The lowest BCUT2D eigenvalue weighted by molar-refractivity contribution is 0.198. The van der Waals surface area contributed by atoms with Crippen molar-refractivity contribution in [3.05, 3.63) is 41.7 Å². The molecule has 0 aliphatic rings. The first kappa shape index (κ1) is 12.7. The van der Waals surface area contributed by atoms with E-state index in [0.717, 1.165) is 12.0 Å². The molecule has 0 aliphatic heterocycles. The second-order valence-electron chi connectivity index (χ2n) is 3.76. The molecule has 3 heteroatoms. The van der Waals surface area contributed by atoms with Crippen molar-refractivity contribution in [2.45, 2.75) is 26.4 Å². The smallest absolute Gasteiger partial charge is 0.165 e. The van der Waals surface area contributed by atoms with Crippen LogP contribution in [0.1, 0.15) is 31.9 Å². The standard InChI is InChI=1S/C13H17FO2/c1-4-9(2)8-16-13-6-5-11(10(3)15)7-12(13)14/h5-7,10,15H,2,4,8H2,1,3H3/t10-/m0/s1. The molecule has 0 unspecified atom stereocenters. The summed E-state index contributed by atoms with van der Waals surface area (Å²) in [5.74, 6) is -0.263. The van der Waals surface area contributed by atoms with Gasteiger partial charge in [0.2, 0.25) is 0 Å². The fourth-order valence-corrected chi connectivity index (χ4v) is 1.18. The van der Waals surface area contributed by atoms with Crippen molar-refractivity contribution >= 4 is 0 Å². The summed E-state index contributed by atoms with van der Waals surface area (Å²) >= 11 is 0. The maximum Gasteiger partial charge on any atom is 0.165 e. The largest absolute Gasteiger partial charge is 0.486 e. The lowest BCUT2D eigenvalue weighted by Crippen LogP contribution is -2.02. The van der Waals surface area contributed by atoms with E-state index in [0.29, 0.717) is 12.2 Å². The molecule has 0 aliphatic carbocycles. The Bertz CT molecular complexity index is 372. The Balaban J connectivity index is 2.72. The van der Waals surface area contributed by atoms with Crippen LogP contribution in [0.4, 0.5) is 4.39 Å². The van der Waals surface area contributed by atoms with E-state index in [9.17, 15) is 9.50 Å². The summed E-state index contributed by atoms with van der Waals surface area (Å²) in [7, 11) is 0. The highest BCUT2D eigenvalue weighted by atomic mass is 19.1. The lowest BCUT2D eigenvalue weighted by atomic mass is 10.1. The summed E-state index contributed by atoms with van der Waals surface area (Å²) in [6.07, 6.45) is 0.141. The van der Waals surface area contributed by atoms with Gasteiger partial charge in [0.1, 0.15) is 6.61 Å². The van der Waals surface area contributed by atoms with E-state index in [1.165, 1.54) is 12.1 Å². The molecule has 0 amide bonds. The quantitative estimate of drug-likeness (QED) is 0.778. The van der Waals surface area contributed by atoms with E-state index in [-0.39, 0.29) is 5.75 Å². The van der Waals surface area contributed by atoms with Gasteiger partial charge in [0.05, 0.1) is 6.10 Å². The average molecular weight is 224 g/mol. The number of aliphatic hydroxyl groups is 1. The van der Waals surface area contributed by atoms with Gasteiger partial charge in [-0.3, -0.25) is 0 Å². The molecule has 1 N–H and O–H groups in total. The van der Waals surface area contributed by atoms with Crippen molar-refractivity contribution in [1.82, 2.24) is 0 Å². The Morgan fingerprint density at radius 3 is 2.75 bits per heavy atom. The highest BCUT2D eigenvalue weighted by Gasteiger charge is 2.07. The fraction of sp³-hybridized carbons (Fsp3) is 0.385. The lowest BCUT2D eigenvalue weighted by Gasteiger charge is -2.10. The minimum Gasteiger partial charge on any atom is -0.486 e. The molecule has 0 aromatic heterocycles. The van der Waals surface area contributed by atoms with Crippen LogP contribution in [0.5, 0.6) is 5.75 Å². The predicted octanol–water partition coefficient (Wildman–Crippen LogP) is 3.22. The Hall–Kier alpha value is -1.35. The SMILES string of the molecule is C=C(CC)COc1ccc([C@H](C)O)cc1F. The molecule has 1 aromatic carbocycles. The number of benzene rings is 1. The Morgan fingerprint density at radius 2 is 2.25 bits per heavy atom. The average Bonchev–Trinajstić information content (AvgIpc) is 2.26. The van der Waals surface area contributed by atoms with Crippen molar-refractivity contribution in [3.63, 3.8) is 0 Å². The molecule has 0 saturated carbocycles. The summed E-state index contributed by atoms with van der Waals surface area (Å²) in [5.41, 5.74) is 1.46. The Kier molecular flexibility index (Phi) is 4.50. The third-order valence-electron chi connectivity index (χ3n) is 2.37. The summed E-state index contributed by atoms with van der Waals surface area (Å²) in [5, 5.41) is 9.27. The summed E-state index contributed by atoms with van der Waals surface area (Å²) < 4.78 is 18.8. The van der Waals surface area contributed by atoms with Gasteiger partial charge < -0.3 is 9.84 Å². The molecule has 0 spiro atoms. The van der Waals surface area contributed by atoms with Crippen LogP contribution in [0.25, 0.3) is 0 Å². The van der Waals surface area contributed by atoms with Crippen molar-refractivity contribution in [1.29, 1.82) is 0 Å². The highest BCUT2D eigenvalue weighted by Crippen LogP contribution is 2.22. The maximum absolute atomic E-state index is 13.5. The monoisotopic (exact) mass is 224 g/mol. The van der Waals surface area contributed by atoms with E-state index in [4.69, 9.17) is 4.74 Å². The third kappa shape index (κ3) is 3.35. The Labute approximate surface area is 95.4 Å². The van der Waals surface area contributed by atoms with Gasteiger partial charge in [0.15, 0.2) is 11.6 Å². The molecular weight excluding hydrogens is 207 g/mol. The summed E-state index contributed by atoms with van der Waals surface area (Å²) in [6, 6.07) is 4.47. The number of rotatable bonds is 5. The zero-order valence-electron chi connectivity index (χ0n) is 9.66. The third-order valence-corrected chi connectivity index (χ3v) is 2.37. The zero-order chi connectivity index (χ0) is 12.1. The van der Waals surface area contributed by atoms with Gasteiger partial charge in [-0.05, 0) is 36.6 Å². The molecular formula is C13H17FO2. The molecule has 88 valence electrons. The van der Waals surface area contributed by atoms with E-state index >= 15 is 0 Å². The molecule has 2 nitrogen and oxygen atoms in total. The van der Waals surface area contributed by atoms with Crippen molar-refractivity contribution < 1.29 is 14.2 Å². The van der Waals surface area contributed by atoms with E-state index in [1.54, 1.807) is 13.0 Å². The first-order valence-electron chi connectivity index (χ1n) is 5.31. The molecule has 1 aromatic rings. The molecule has 0 radical (unpaired) electrons. The van der Waals surface area contributed by atoms with Crippen LogP contribution in [0.15, 0.2) is 30.4 Å². The van der Waals surface area contributed by atoms with Gasteiger partial charge in [0, 0.05) is 0 Å². The molecule has 1 atom stereocenters. The first-order valence-corrected chi connectivity index (χ1v) is 5.31. The van der Waals surface area contributed by atoms with Gasteiger partial charge in [0.25, 0.3) is 0 Å². The van der Waals surface area contributed by atoms with Crippen molar-refractivity contribution in [2.24, 2.45) is 0 Å². The van der Waals surface area contributed by atoms with Gasteiger partial charge in [-0.25, -0.2) is 4.39 Å². The predicted molar refractivity (Wildman–Crippen MR) is 62.0 cm³/mol. The number of ether oxygens (including phenoxy) is 1. The maximum atomic E-state index is 13.5. The van der Waals surface area contributed by atoms with Crippen LogP contribution in [-0.4, -0.2) is 11.7 Å². The van der Waals surface area contributed by atoms with Gasteiger partial charge in [-0.1, -0.05) is 19.6 Å². The van der Waals surface area contributed by atoms with Crippen molar-refractivity contribution in [2.75, 3.05) is 6.61 Å².